The van der Waals surface area contributed by atoms with Crippen LogP contribution in [0.3, 0.4) is 0 Å². The van der Waals surface area contributed by atoms with E-state index < -0.39 is 0 Å². The Morgan fingerprint density at radius 2 is 1.35 bits per heavy atom. The molecule has 0 saturated heterocycles. The standard InChI is InChI=1S/C22H15Br/c23-19-13-9-16(10-14-19)8-11-18-5-3-7-22-20-6-2-1-4-17(20)12-15-21(18)22/h1-15H. The van der Waals surface area contributed by atoms with Crippen molar-refractivity contribution in [3.63, 3.8) is 0 Å². The minimum atomic E-state index is 1.10. The monoisotopic (exact) mass is 358 g/mol. The van der Waals surface area contributed by atoms with Gasteiger partial charge in [0, 0.05) is 4.47 Å². The van der Waals surface area contributed by atoms with Crippen LogP contribution in [0.25, 0.3) is 33.7 Å². The van der Waals surface area contributed by atoms with Crippen LogP contribution in [0.5, 0.6) is 0 Å². The average molecular weight is 359 g/mol. The predicted molar refractivity (Wildman–Crippen MR) is 105 cm³/mol. The SMILES string of the molecule is Brc1ccc(C=Cc2cccc3c2ccc2ccccc23)cc1. The zero-order valence-electron chi connectivity index (χ0n) is 12.5. The largest absolute Gasteiger partial charge is 0.0616 e. The second kappa shape index (κ2) is 6.02. The van der Waals surface area contributed by atoms with E-state index in [4.69, 9.17) is 0 Å². The molecule has 0 nitrogen and oxygen atoms in total. The van der Waals surface area contributed by atoms with E-state index in [1.165, 1.54) is 32.7 Å². The van der Waals surface area contributed by atoms with E-state index in [1.807, 2.05) is 0 Å². The van der Waals surface area contributed by atoms with Crippen molar-refractivity contribution in [3.8, 4) is 0 Å². The van der Waals surface area contributed by atoms with Gasteiger partial charge in [0.2, 0.25) is 0 Å². The van der Waals surface area contributed by atoms with Gasteiger partial charge >= 0.3 is 0 Å². The highest BCUT2D eigenvalue weighted by Crippen LogP contribution is 2.28. The van der Waals surface area contributed by atoms with Crippen LogP contribution in [0.15, 0.2) is 83.3 Å². The lowest BCUT2D eigenvalue weighted by Crippen LogP contribution is -1.81. The van der Waals surface area contributed by atoms with Gasteiger partial charge in [0.25, 0.3) is 0 Å². The summed E-state index contributed by atoms with van der Waals surface area (Å²) in [6, 6.07) is 27.8. The molecule has 1 heteroatoms. The first-order valence-corrected chi connectivity index (χ1v) is 8.45. The topological polar surface area (TPSA) is 0 Å². The Kier molecular flexibility index (Phi) is 3.72. The predicted octanol–water partition coefficient (Wildman–Crippen LogP) is 6.93. The zero-order chi connectivity index (χ0) is 15.6. The molecule has 0 fully saturated rings. The second-order valence-electron chi connectivity index (χ2n) is 5.61. The van der Waals surface area contributed by atoms with Crippen LogP contribution >= 0.6 is 15.9 Å². The molecular formula is C22H15Br. The van der Waals surface area contributed by atoms with Crippen molar-refractivity contribution in [2.45, 2.75) is 0 Å². The molecule has 23 heavy (non-hydrogen) atoms. The van der Waals surface area contributed by atoms with E-state index in [1.54, 1.807) is 0 Å². The normalized spacial score (nSPS) is 11.5. The smallest absolute Gasteiger partial charge is 0.0175 e. The van der Waals surface area contributed by atoms with Crippen molar-refractivity contribution < 1.29 is 0 Å². The minimum Gasteiger partial charge on any atom is -0.0616 e. The zero-order valence-corrected chi connectivity index (χ0v) is 14.1. The van der Waals surface area contributed by atoms with E-state index in [0.29, 0.717) is 0 Å². The van der Waals surface area contributed by atoms with Gasteiger partial charge in [-0.05, 0) is 44.8 Å². The molecule has 0 amide bonds. The molecule has 4 aromatic carbocycles. The number of halogens is 1. The number of benzene rings is 4. The maximum absolute atomic E-state index is 3.47. The summed E-state index contributed by atoms with van der Waals surface area (Å²) in [6.07, 6.45) is 4.36. The Labute approximate surface area is 144 Å². The summed E-state index contributed by atoms with van der Waals surface area (Å²) in [5.74, 6) is 0. The Morgan fingerprint density at radius 3 is 2.22 bits per heavy atom. The van der Waals surface area contributed by atoms with Crippen molar-refractivity contribution in [3.05, 3.63) is 94.5 Å². The fourth-order valence-electron chi connectivity index (χ4n) is 2.97. The summed E-state index contributed by atoms with van der Waals surface area (Å²) in [7, 11) is 0. The lowest BCUT2D eigenvalue weighted by Gasteiger charge is -2.06. The van der Waals surface area contributed by atoms with Crippen LogP contribution in [0, 0.1) is 0 Å². The van der Waals surface area contributed by atoms with Crippen LogP contribution in [-0.2, 0) is 0 Å². The van der Waals surface area contributed by atoms with Gasteiger partial charge in [0.15, 0.2) is 0 Å². The molecule has 0 aromatic heterocycles. The van der Waals surface area contributed by atoms with Gasteiger partial charge in [-0.2, -0.15) is 0 Å². The summed E-state index contributed by atoms with van der Waals surface area (Å²) in [4.78, 5) is 0. The summed E-state index contributed by atoms with van der Waals surface area (Å²) in [6.45, 7) is 0. The number of hydrogen-bond acceptors (Lipinski definition) is 0. The van der Waals surface area contributed by atoms with Gasteiger partial charge in [0.1, 0.15) is 0 Å². The van der Waals surface area contributed by atoms with Crippen molar-refractivity contribution >= 4 is 49.6 Å². The molecular weight excluding hydrogens is 344 g/mol. The van der Waals surface area contributed by atoms with Gasteiger partial charge in [-0.15, -0.1) is 0 Å². The van der Waals surface area contributed by atoms with E-state index in [-0.39, 0.29) is 0 Å². The average Bonchev–Trinajstić information content (AvgIpc) is 2.61. The van der Waals surface area contributed by atoms with Crippen LogP contribution in [-0.4, -0.2) is 0 Å². The van der Waals surface area contributed by atoms with Crippen molar-refractivity contribution in [2.24, 2.45) is 0 Å². The fourth-order valence-corrected chi connectivity index (χ4v) is 3.23. The fraction of sp³-hybridized carbons (Fsp3) is 0. The van der Waals surface area contributed by atoms with Crippen LogP contribution in [0.1, 0.15) is 11.1 Å². The van der Waals surface area contributed by atoms with Gasteiger partial charge in [0.05, 0.1) is 0 Å². The molecule has 0 aliphatic rings. The lowest BCUT2D eigenvalue weighted by atomic mass is 9.98. The third kappa shape index (κ3) is 2.80. The van der Waals surface area contributed by atoms with Crippen molar-refractivity contribution in [2.75, 3.05) is 0 Å². The maximum Gasteiger partial charge on any atom is 0.0175 e. The van der Waals surface area contributed by atoms with E-state index in [2.05, 4.69) is 107 Å². The molecule has 4 rings (SSSR count). The van der Waals surface area contributed by atoms with Crippen molar-refractivity contribution in [1.29, 1.82) is 0 Å². The summed E-state index contributed by atoms with van der Waals surface area (Å²) in [5.41, 5.74) is 2.45. The molecule has 0 aliphatic carbocycles. The quantitative estimate of drug-likeness (QED) is 0.269. The summed E-state index contributed by atoms with van der Waals surface area (Å²) >= 11 is 3.47. The summed E-state index contributed by atoms with van der Waals surface area (Å²) < 4.78 is 1.10. The highest BCUT2D eigenvalue weighted by Gasteiger charge is 2.02. The third-order valence-electron chi connectivity index (χ3n) is 4.15. The van der Waals surface area contributed by atoms with Gasteiger partial charge in [-0.1, -0.05) is 94.8 Å². The maximum atomic E-state index is 3.47. The molecule has 0 unspecified atom stereocenters. The molecule has 0 heterocycles. The van der Waals surface area contributed by atoms with Gasteiger partial charge in [-0.3, -0.25) is 0 Å². The van der Waals surface area contributed by atoms with E-state index in [9.17, 15) is 0 Å². The lowest BCUT2D eigenvalue weighted by molar-refractivity contribution is 1.62. The Morgan fingerprint density at radius 1 is 0.565 bits per heavy atom. The molecule has 4 aromatic rings. The number of rotatable bonds is 2. The van der Waals surface area contributed by atoms with Gasteiger partial charge < -0.3 is 0 Å². The molecule has 0 spiro atoms. The van der Waals surface area contributed by atoms with E-state index >= 15 is 0 Å². The first kappa shape index (κ1) is 14.2. The number of fused-ring (bicyclic) bond motifs is 3. The highest BCUT2D eigenvalue weighted by molar-refractivity contribution is 9.10. The highest BCUT2D eigenvalue weighted by atomic mass is 79.9. The Hall–Kier alpha value is -2.38. The molecule has 0 aliphatic heterocycles. The molecule has 0 saturated carbocycles. The third-order valence-corrected chi connectivity index (χ3v) is 4.67. The van der Waals surface area contributed by atoms with Crippen LogP contribution in [0.4, 0.5) is 0 Å². The van der Waals surface area contributed by atoms with Crippen LogP contribution < -0.4 is 0 Å². The minimum absolute atomic E-state index is 1.10. The molecule has 0 radical (unpaired) electrons. The number of hydrogen-bond donors (Lipinski definition) is 0. The molecule has 0 bridgehead atoms. The second-order valence-corrected chi connectivity index (χ2v) is 6.53. The molecule has 0 atom stereocenters. The summed E-state index contributed by atoms with van der Waals surface area (Å²) in [5, 5.41) is 5.19. The Bertz CT molecular complexity index is 1010. The van der Waals surface area contributed by atoms with Crippen molar-refractivity contribution in [1.82, 2.24) is 0 Å². The van der Waals surface area contributed by atoms with E-state index in [0.717, 1.165) is 4.47 Å². The Balaban J connectivity index is 1.84. The molecule has 0 N–H and O–H groups in total. The molecule has 110 valence electrons. The van der Waals surface area contributed by atoms with Crippen LogP contribution in [0.2, 0.25) is 0 Å². The van der Waals surface area contributed by atoms with Gasteiger partial charge in [-0.25, -0.2) is 0 Å². The first-order valence-electron chi connectivity index (χ1n) is 7.65. The first-order chi connectivity index (χ1) is 11.3.